The number of benzene rings is 1. The molecule has 2 saturated heterocycles. The van der Waals surface area contributed by atoms with Crippen molar-refractivity contribution < 1.29 is 14.7 Å². The van der Waals surface area contributed by atoms with Crippen LogP contribution in [0.2, 0.25) is 0 Å². The SMILES string of the molecule is Cc1[nH]c(-c2ccccc2)nc1C(=O)N1CC2(CCNCC2)C[C@@H]1C(=O)O. The van der Waals surface area contributed by atoms with Gasteiger partial charge in [0.05, 0.1) is 0 Å². The van der Waals surface area contributed by atoms with Crippen molar-refractivity contribution in [1.29, 1.82) is 0 Å². The van der Waals surface area contributed by atoms with E-state index in [4.69, 9.17) is 0 Å². The summed E-state index contributed by atoms with van der Waals surface area (Å²) >= 11 is 0. The number of piperidine rings is 1. The molecule has 3 N–H and O–H groups in total. The monoisotopic (exact) mass is 368 g/mol. The van der Waals surface area contributed by atoms with Crippen LogP contribution in [0.1, 0.15) is 35.4 Å². The number of H-pyrrole nitrogens is 1. The number of imidazole rings is 1. The summed E-state index contributed by atoms with van der Waals surface area (Å²) in [4.78, 5) is 34.2. The molecule has 3 heterocycles. The van der Waals surface area contributed by atoms with Crippen LogP contribution in [0.4, 0.5) is 0 Å². The van der Waals surface area contributed by atoms with Gasteiger partial charge < -0.3 is 20.3 Å². The van der Waals surface area contributed by atoms with Gasteiger partial charge in [0, 0.05) is 17.8 Å². The van der Waals surface area contributed by atoms with Gasteiger partial charge in [0.15, 0.2) is 0 Å². The summed E-state index contributed by atoms with van der Waals surface area (Å²) in [6.07, 6.45) is 2.31. The van der Waals surface area contributed by atoms with E-state index in [9.17, 15) is 14.7 Å². The predicted octanol–water partition coefficient (Wildman–Crippen LogP) is 2.05. The summed E-state index contributed by atoms with van der Waals surface area (Å²) in [5.74, 6) is -0.608. The molecule has 2 aliphatic heterocycles. The number of carboxylic acids is 1. The van der Waals surface area contributed by atoms with Crippen molar-refractivity contribution in [2.45, 2.75) is 32.2 Å². The summed E-state index contributed by atoms with van der Waals surface area (Å²) in [5.41, 5.74) is 1.77. The van der Waals surface area contributed by atoms with E-state index in [0.717, 1.165) is 31.5 Å². The lowest BCUT2D eigenvalue weighted by molar-refractivity contribution is -0.141. The highest BCUT2D eigenvalue weighted by Crippen LogP contribution is 2.42. The fraction of sp³-hybridized carbons (Fsp3) is 0.450. The van der Waals surface area contributed by atoms with Gasteiger partial charge >= 0.3 is 5.97 Å². The van der Waals surface area contributed by atoms with E-state index >= 15 is 0 Å². The van der Waals surface area contributed by atoms with Crippen molar-refractivity contribution in [2.75, 3.05) is 19.6 Å². The maximum absolute atomic E-state index is 13.2. The smallest absolute Gasteiger partial charge is 0.326 e. The van der Waals surface area contributed by atoms with Gasteiger partial charge in [-0.3, -0.25) is 4.79 Å². The van der Waals surface area contributed by atoms with Crippen molar-refractivity contribution in [3.63, 3.8) is 0 Å². The first kappa shape index (κ1) is 17.7. The second kappa shape index (κ2) is 6.81. The van der Waals surface area contributed by atoms with E-state index in [2.05, 4.69) is 15.3 Å². The second-order valence-corrected chi connectivity index (χ2v) is 7.67. The highest BCUT2D eigenvalue weighted by molar-refractivity contribution is 5.97. The summed E-state index contributed by atoms with van der Waals surface area (Å²) in [6.45, 7) is 4.03. The van der Waals surface area contributed by atoms with Crippen LogP contribution in [0.15, 0.2) is 30.3 Å². The third kappa shape index (κ3) is 3.23. The molecule has 1 aromatic carbocycles. The van der Waals surface area contributed by atoms with Crippen LogP contribution in [0.5, 0.6) is 0 Å². The Morgan fingerprint density at radius 2 is 1.93 bits per heavy atom. The fourth-order valence-corrected chi connectivity index (χ4v) is 4.35. The Labute approximate surface area is 157 Å². The number of hydrogen-bond acceptors (Lipinski definition) is 4. The van der Waals surface area contributed by atoms with Crippen LogP contribution in [0.3, 0.4) is 0 Å². The average Bonchev–Trinajstić information content (AvgIpc) is 3.24. The highest BCUT2D eigenvalue weighted by atomic mass is 16.4. The van der Waals surface area contributed by atoms with E-state index < -0.39 is 12.0 Å². The largest absolute Gasteiger partial charge is 0.480 e. The van der Waals surface area contributed by atoms with Gasteiger partial charge in [-0.05, 0) is 44.7 Å². The third-order valence-corrected chi connectivity index (χ3v) is 5.85. The molecule has 142 valence electrons. The zero-order chi connectivity index (χ0) is 19.0. The van der Waals surface area contributed by atoms with Crippen LogP contribution < -0.4 is 5.32 Å². The number of aromatic amines is 1. The topological polar surface area (TPSA) is 98.3 Å². The van der Waals surface area contributed by atoms with Gasteiger partial charge in [-0.15, -0.1) is 0 Å². The number of aryl methyl sites for hydroxylation is 1. The molecule has 1 atom stereocenters. The van der Waals surface area contributed by atoms with Gasteiger partial charge in [-0.2, -0.15) is 0 Å². The molecule has 2 aromatic rings. The van der Waals surface area contributed by atoms with Gasteiger partial charge in [0.2, 0.25) is 0 Å². The number of aromatic nitrogens is 2. The second-order valence-electron chi connectivity index (χ2n) is 7.67. The lowest BCUT2D eigenvalue weighted by Crippen LogP contribution is -2.42. The molecular formula is C20H24N4O3. The Hall–Kier alpha value is -2.67. The molecule has 0 saturated carbocycles. The Morgan fingerprint density at radius 3 is 2.59 bits per heavy atom. The average molecular weight is 368 g/mol. The number of amides is 1. The van der Waals surface area contributed by atoms with Crippen LogP contribution >= 0.6 is 0 Å². The molecule has 0 bridgehead atoms. The van der Waals surface area contributed by atoms with Gasteiger partial charge in [-0.25, -0.2) is 9.78 Å². The molecule has 27 heavy (non-hydrogen) atoms. The number of carboxylic acid groups (broad SMARTS) is 1. The van der Waals surface area contributed by atoms with E-state index in [0.29, 0.717) is 30.2 Å². The summed E-state index contributed by atoms with van der Waals surface area (Å²) in [7, 11) is 0. The lowest BCUT2D eigenvalue weighted by Gasteiger charge is -2.33. The molecule has 0 unspecified atom stereocenters. The van der Waals surface area contributed by atoms with Crippen molar-refractivity contribution in [1.82, 2.24) is 20.2 Å². The van der Waals surface area contributed by atoms with E-state index in [1.807, 2.05) is 30.3 Å². The minimum Gasteiger partial charge on any atom is -0.480 e. The fourth-order valence-electron chi connectivity index (χ4n) is 4.35. The van der Waals surface area contributed by atoms with Gasteiger partial charge in [0.25, 0.3) is 5.91 Å². The molecule has 1 aromatic heterocycles. The number of nitrogens with one attached hydrogen (secondary N) is 2. The van der Waals surface area contributed by atoms with Crippen LogP contribution in [0, 0.1) is 12.3 Å². The molecule has 0 radical (unpaired) electrons. The van der Waals surface area contributed by atoms with Crippen molar-refractivity contribution in [3.05, 3.63) is 41.7 Å². The van der Waals surface area contributed by atoms with E-state index in [1.165, 1.54) is 4.90 Å². The van der Waals surface area contributed by atoms with Crippen LogP contribution in [-0.4, -0.2) is 57.5 Å². The first-order valence-corrected chi connectivity index (χ1v) is 9.36. The minimum absolute atomic E-state index is 0.101. The Bertz CT molecular complexity index is 855. The molecule has 2 fully saturated rings. The Kier molecular flexibility index (Phi) is 4.47. The van der Waals surface area contributed by atoms with Gasteiger partial charge in [-0.1, -0.05) is 30.3 Å². The molecular weight excluding hydrogens is 344 g/mol. The van der Waals surface area contributed by atoms with Crippen molar-refractivity contribution in [3.8, 4) is 11.4 Å². The molecule has 1 spiro atoms. The summed E-state index contributed by atoms with van der Waals surface area (Å²) < 4.78 is 0. The normalized spacial score (nSPS) is 21.5. The van der Waals surface area contributed by atoms with Gasteiger partial charge in [0.1, 0.15) is 17.6 Å². The maximum Gasteiger partial charge on any atom is 0.326 e. The van der Waals surface area contributed by atoms with Crippen molar-refractivity contribution >= 4 is 11.9 Å². The highest BCUT2D eigenvalue weighted by Gasteiger charge is 2.49. The molecule has 2 aliphatic rings. The number of likely N-dealkylation sites (tertiary alicyclic amines) is 1. The Balaban J connectivity index is 1.63. The van der Waals surface area contributed by atoms with E-state index in [-0.39, 0.29) is 11.3 Å². The van der Waals surface area contributed by atoms with Crippen molar-refractivity contribution in [2.24, 2.45) is 5.41 Å². The minimum atomic E-state index is -0.935. The number of rotatable bonds is 3. The zero-order valence-electron chi connectivity index (χ0n) is 15.4. The number of aliphatic carboxylic acids is 1. The number of hydrogen-bond donors (Lipinski definition) is 3. The maximum atomic E-state index is 13.2. The summed E-state index contributed by atoms with van der Waals surface area (Å²) in [5, 5.41) is 13.0. The van der Waals surface area contributed by atoms with Crippen LogP contribution in [-0.2, 0) is 4.79 Å². The number of nitrogens with zero attached hydrogens (tertiary/aromatic N) is 2. The molecule has 1 amide bonds. The molecule has 0 aliphatic carbocycles. The zero-order valence-corrected chi connectivity index (χ0v) is 15.4. The molecule has 4 rings (SSSR count). The lowest BCUT2D eigenvalue weighted by atomic mass is 9.77. The standard InChI is InChI=1S/C20H24N4O3/c1-13-16(23-17(22-13)14-5-3-2-4-6-14)18(25)24-12-20(7-9-21-10-8-20)11-15(24)19(26)27/h2-6,15,21H,7-12H2,1H3,(H,22,23)(H,26,27)/t15-/m1/s1. The molecule has 7 heteroatoms. The number of carbonyl (C=O) groups excluding carboxylic acids is 1. The third-order valence-electron chi connectivity index (χ3n) is 5.85. The van der Waals surface area contributed by atoms with Crippen LogP contribution in [0.25, 0.3) is 11.4 Å². The number of carbonyl (C=O) groups is 2. The predicted molar refractivity (Wildman–Crippen MR) is 100 cm³/mol. The first-order chi connectivity index (χ1) is 13.0. The summed E-state index contributed by atoms with van der Waals surface area (Å²) in [6, 6.07) is 8.81. The quantitative estimate of drug-likeness (QED) is 0.770. The Morgan fingerprint density at radius 1 is 1.22 bits per heavy atom. The van der Waals surface area contributed by atoms with E-state index in [1.54, 1.807) is 6.92 Å². The first-order valence-electron chi connectivity index (χ1n) is 9.36. The molecule has 7 nitrogen and oxygen atoms in total.